The summed E-state index contributed by atoms with van der Waals surface area (Å²) in [6.07, 6.45) is -1.87. The Labute approximate surface area is 46.0 Å². The minimum atomic E-state index is -1.37. The summed E-state index contributed by atoms with van der Waals surface area (Å²) in [7, 11) is 0. The lowest BCUT2D eigenvalue weighted by Crippen LogP contribution is -2.09. The van der Waals surface area contributed by atoms with E-state index in [4.69, 9.17) is 15.5 Å². The van der Waals surface area contributed by atoms with Crippen molar-refractivity contribution in [1.82, 2.24) is 0 Å². The van der Waals surface area contributed by atoms with E-state index < -0.39 is 18.5 Å². The van der Waals surface area contributed by atoms with Gasteiger partial charge >= 0.3 is 5.97 Å². The zero-order valence-electron chi connectivity index (χ0n) is 4.03. The number of rotatable bonds is 2. The average Bonchev–Trinajstić information content (AvgIpc) is 1.65. The number of aliphatic hydroxyl groups is 1. The Balaban J connectivity index is 3.43. The quantitative estimate of drug-likeness (QED) is 0.468. The van der Waals surface area contributed by atoms with Gasteiger partial charge in [0.1, 0.15) is 0 Å². The van der Waals surface area contributed by atoms with Crippen molar-refractivity contribution in [1.29, 1.82) is 5.26 Å². The fraction of sp³-hybridized carbons (Fsp3) is 0.500. The lowest BCUT2D eigenvalue weighted by molar-refractivity contribution is -0.138. The highest BCUT2D eigenvalue weighted by Crippen LogP contribution is 1.86. The molecule has 0 saturated carbocycles. The number of hydrogen-bond donors (Lipinski definition) is 2. The molecule has 0 radical (unpaired) electrons. The van der Waals surface area contributed by atoms with E-state index in [1.165, 1.54) is 6.07 Å². The van der Waals surface area contributed by atoms with Crippen LogP contribution in [0.2, 0.25) is 0 Å². The summed E-state index contributed by atoms with van der Waals surface area (Å²) in [4.78, 5) is 9.66. The molecule has 1 unspecified atom stereocenters. The molecule has 8 heavy (non-hydrogen) atoms. The second-order valence-corrected chi connectivity index (χ2v) is 1.24. The number of nitrogens with zero attached hydrogens (tertiary/aromatic N) is 1. The van der Waals surface area contributed by atoms with Crippen molar-refractivity contribution in [3.8, 4) is 6.07 Å². The summed E-state index contributed by atoms with van der Waals surface area (Å²) in [5.41, 5.74) is 0. The van der Waals surface area contributed by atoms with Crippen LogP contribution in [0.5, 0.6) is 0 Å². The lowest BCUT2D eigenvalue weighted by Gasteiger charge is -1.91. The van der Waals surface area contributed by atoms with Gasteiger partial charge in [-0.3, -0.25) is 4.79 Å². The molecular weight excluding hydrogens is 110 g/mol. The van der Waals surface area contributed by atoms with Crippen LogP contribution in [-0.2, 0) is 4.79 Å². The van der Waals surface area contributed by atoms with E-state index in [9.17, 15) is 4.79 Å². The molecule has 0 aromatic rings. The van der Waals surface area contributed by atoms with Crippen LogP contribution in [0.1, 0.15) is 6.42 Å². The minimum absolute atomic E-state index is 0.503. The number of nitriles is 1. The van der Waals surface area contributed by atoms with E-state index in [0.29, 0.717) is 0 Å². The molecule has 0 bridgehead atoms. The number of carboxylic acids is 1. The topological polar surface area (TPSA) is 81.3 Å². The third kappa shape index (κ3) is 3.12. The van der Waals surface area contributed by atoms with E-state index in [0.717, 1.165) is 0 Å². The Kier molecular flexibility index (Phi) is 2.59. The first-order valence-corrected chi connectivity index (χ1v) is 1.96. The van der Waals surface area contributed by atoms with E-state index in [1.54, 1.807) is 0 Å². The Morgan fingerprint density at radius 1 is 1.88 bits per heavy atom. The second-order valence-electron chi connectivity index (χ2n) is 1.24. The Morgan fingerprint density at radius 3 is 2.50 bits per heavy atom. The molecule has 0 fully saturated rings. The summed E-state index contributed by atoms with van der Waals surface area (Å²) in [5, 5.41) is 24.0. The fourth-order valence-electron chi connectivity index (χ4n) is 0.211. The van der Waals surface area contributed by atoms with E-state index >= 15 is 0 Å². The molecule has 1 atom stereocenters. The zero-order chi connectivity index (χ0) is 6.57. The van der Waals surface area contributed by atoms with Gasteiger partial charge < -0.3 is 10.2 Å². The van der Waals surface area contributed by atoms with Crippen molar-refractivity contribution in [2.45, 2.75) is 12.5 Å². The van der Waals surface area contributed by atoms with Crippen LogP contribution in [-0.4, -0.2) is 22.3 Å². The summed E-state index contributed by atoms with van der Waals surface area (Å²) in [6.45, 7) is 0. The molecule has 0 saturated heterocycles. The molecule has 4 nitrogen and oxygen atoms in total. The Hall–Kier alpha value is -1.08. The fourth-order valence-corrected chi connectivity index (χ4v) is 0.211. The number of hydrogen-bond acceptors (Lipinski definition) is 3. The van der Waals surface area contributed by atoms with Crippen LogP contribution in [0.4, 0.5) is 0 Å². The van der Waals surface area contributed by atoms with Crippen LogP contribution < -0.4 is 0 Å². The van der Waals surface area contributed by atoms with Gasteiger partial charge in [-0.25, -0.2) is 0 Å². The van der Waals surface area contributed by atoms with Gasteiger partial charge in [-0.15, -0.1) is 0 Å². The van der Waals surface area contributed by atoms with Crippen LogP contribution in [0.3, 0.4) is 0 Å². The van der Waals surface area contributed by atoms with Crippen molar-refractivity contribution in [2.24, 2.45) is 0 Å². The van der Waals surface area contributed by atoms with Crippen molar-refractivity contribution >= 4 is 5.97 Å². The molecule has 4 heteroatoms. The molecule has 0 aromatic carbocycles. The number of carbonyl (C=O) groups is 1. The first kappa shape index (κ1) is 6.92. The van der Waals surface area contributed by atoms with Crippen molar-refractivity contribution < 1.29 is 15.0 Å². The highest BCUT2D eigenvalue weighted by Gasteiger charge is 2.05. The van der Waals surface area contributed by atoms with E-state index in [2.05, 4.69) is 0 Å². The maximum Gasteiger partial charge on any atom is 0.307 e. The molecule has 0 aromatic heterocycles. The third-order valence-electron chi connectivity index (χ3n) is 0.517. The highest BCUT2D eigenvalue weighted by molar-refractivity contribution is 5.67. The second kappa shape index (κ2) is 2.99. The summed E-state index contributed by atoms with van der Waals surface area (Å²) in [5.74, 6) is -1.17. The van der Waals surface area contributed by atoms with Gasteiger partial charge in [-0.1, -0.05) is 0 Å². The summed E-state index contributed by atoms with van der Waals surface area (Å²) in [6, 6.07) is 1.37. The normalized spacial score (nSPS) is 12.0. The number of carboxylic acid groups (broad SMARTS) is 1. The molecule has 44 valence electrons. The van der Waals surface area contributed by atoms with Gasteiger partial charge in [0.05, 0.1) is 12.5 Å². The molecule has 0 heterocycles. The monoisotopic (exact) mass is 115 g/mol. The molecule has 0 amide bonds. The smallest absolute Gasteiger partial charge is 0.307 e. The zero-order valence-corrected chi connectivity index (χ0v) is 4.03. The van der Waals surface area contributed by atoms with Gasteiger partial charge in [-0.2, -0.15) is 5.26 Å². The summed E-state index contributed by atoms with van der Waals surface area (Å²) < 4.78 is 0. The molecule has 0 aliphatic heterocycles. The third-order valence-corrected chi connectivity index (χ3v) is 0.517. The Bertz CT molecular complexity index is 126. The summed E-state index contributed by atoms with van der Waals surface area (Å²) >= 11 is 0. The van der Waals surface area contributed by atoms with Crippen LogP contribution in [0.25, 0.3) is 0 Å². The molecule has 0 aliphatic rings. The Morgan fingerprint density at radius 2 is 2.38 bits per heavy atom. The van der Waals surface area contributed by atoms with Gasteiger partial charge in [-0.05, 0) is 0 Å². The standard InChI is InChI=1S/C4H5NO3/c5-2-3(6)1-4(7)8/h3,6H,1H2,(H,7,8). The predicted octanol–water partition coefficient (Wildman–Crippen LogP) is -0.654. The van der Waals surface area contributed by atoms with E-state index in [-0.39, 0.29) is 0 Å². The molecule has 0 aliphatic carbocycles. The maximum absolute atomic E-state index is 9.66. The average molecular weight is 115 g/mol. The van der Waals surface area contributed by atoms with Crippen LogP contribution in [0, 0.1) is 11.3 Å². The van der Waals surface area contributed by atoms with Crippen molar-refractivity contribution in [3.05, 3.63) is 0 Å². The van der Waals surface area contributed by atoms with Crippen LogP contribution >= 0.6 is 0 Å². The van der Waals surface area contributed by atoms with Crippen LogP contribution in [0.15, 0.2) is 0 Å². The van der Waals surface area contributed by atoms with Gasteiger partial charge in [0.2, 0.25) is 0 Å². The van der Waals surface area contributed by atoms with Gasteiger partial charge in [0.25, 0.3) is 0 Å². The minimum Gasteiger partial charge on any atom is -0.481 e. The van der Waals surface area contributed by atoms with E-state index in [1.807, 2.05) is 0 Å². The lowest BCUT2D eigenvalue weighted by atomic mass is 10.3. The SMILES string of the molecule is N#CC(O)CC(=O)O. The van der Waals surface area contributed by atoms with Crippen molar-refractivity contribution in [3.63, 3.8) is 0 Å². The molecule has 0 rings (SSSR count). The van der Waals surface area contributed by atoms with Crippen molar-refractivity contribution in [2.75, 3.05) is 0 Å². The number of aliphatic hydroxyl groups excluding tert-OH is 1. The molecule has 0 spiro atoms. The maximum atomic E-state index is 9.66. The molecule has 2 N–H and O–H groups in total. The van der Waals surface area contributed by atoms with Gasteiger partial charge in [0, 0.05) is 0 Å². The predicted molar refractivity (Wildman–Crippen MR) is 23.9 cm³/mol. The largest absolute Gasteiger partial charge is 0.481 e. The van der Waals surface area contributed by atoms with Gasteiger partial charge in [0.15, 0.2) is 6.10 Å². The molecular formula is C4H5NO3. The number of aliphatic carboxylic acids is 1. The highest BCUT2D eigenvalue weighted by atomic mass is 16.4. The first-order valence-electron chi connectivity index (χ1n) is 1.96. The first-order chi connectivity index (χ1) is 3.66.